The van der Waals surface area contributed by atoms with Crippen molar-refractivity contribution < 1.29 is 9.09 Å². The highest BCUT2D eigenvalue weighted by molar-refractivity contribution is 9.09. The van der Waals surface area contributed by atoms with Crippen molar-refractivity contribution >= 4 is 23.4 Å². The van der Waals surface area contributed by atoms with Gasteiger partial charge >= 0.3 is 7.52 Å². The highest BCUT2D eigenvalue weighted by Crippen LogP contribution is 2.48. The maximum absolute atomic E-state index is 11.8. The first kappa shape index (κ1) is 13.1. The molecule has 0 aromatic heterocycles. The van der Waals surface area contributed by atoms with E-state index in [1.807, 2.05) is 13.8 Å². The van der Waals surface area contributed by atoms with Crippen LogP contribution in [0, 0.1) is 11.1 Å². The number of halogens is 1. The zero-order chi connectivity index (χ0) is 10.3. The van der Waals surface area contributed by atoms with E-state index in [-0.39, 0.29) is 0 Å². The molecule has 0 aliphatic rings. The second-order valence-corrected chi connectivity index (χ2v) is 5.14. The Balaban J connectivity index is 4.43. The van der Waals surface area contributed by atoms with Gasteiger partial charge in [0, 0.05) is 18.4 Å². The van der Waals surface area contributed by atoms with E-state index in [0.29, 0.717) is 25.0 Å². The van der Waals surface area contributed by atoms with E-state index in [1.54, 1.807) is 10.5 Å². The standard InChI is InChI=1S/C7H14BrN2O2P/c1-3-10(4-2)13(11,7-9)12-6-5-8/h3-6H2,1-2H3/t13-/m0/s1. The molecule has 13 heavy (non-hydrogen) atoms. The topological polar surface area (TPSA) is 53.3 Å². The summed E-state index contributed by atoms with van der Waals surface area (Å²) in [4.78, 5) is 0. The van der Waals surface area contributed by atoms with E-state index < -0.39 is 7.52 Å². The summed E-state index contributed by atoms with van der Waals surface area (Å²) in [7, 11) is -3.22. The molecule has 0 radical (unpaired) electrons. The minimum atomic E-state index is -3.22. The first-order valence-electron chi connectivity index (χ1n) is 4.11. The molecule has 0 aromatic rings. The van der Waals surface area contributed by atoms with Crippen LogP contribution in [-0.4, -0.2) is 29.7 Å². The molecule has 0 spiro atoms. The average molecular weight is 269 g/mol. The molecule has 0 saturated carbocycles. The van der Waals surface area contributed by atoms with Gasteiger partial charge in [0.15, 0.2) is 5.81 Å². The zero-order valence-corrected chi connectivity index (χ0v) is 10.3. The van der Waals surface area contributed by atoms with Gasteiger partial charge in [-0.2, -0.15) is 5.26 Å². The van der Waals surface area contributed by atoms with Crippen molar-refractivity contribution in [1.82, 2.24) is 4.67 Å². The highest BCUT2D eigenvalue weighted by atomic mass is 79.9. The van der Waals surface area contributed by atoms with Crippen LogP contribution in [0.4, 0.5) is 0 Å². The maximum Gasteiger partial charge on any atom is 0.371 e. The second-order valence-electron chi connectivity index (χ2n) is 2.28. The molecular formula is C7H14BrN2O2P. The third-order valence-electron chi connectivity index (χ3n) is 1.57. The summed E-state index contributed by atoms with van der Waals surface area (Å²) in [6.45, 7) is 5.12. The lowest BCUT2D eigenvalue weighted by Crippen LogP contribution is -2.20. The van der Waals surface area contributed by atoms with Crippen LogP contribution in [0.5, 0.6) is 0 Å². The summed E-state index contributed by atoms with van der Waals surface area (Å²) in [5, 5.41) is 9.33. The van der Waals surface area contributed by atoms with Crippen molar-refractivity contribution in [2.45, 2.75) is 13.8 Å². The Bertz CT molecular complexity index is 225. The van der Waals surface area contributed by atoms with Crippen LogP contribution in [0.2, 0.25) is 0 Å². The predicted octanol–water partition coefficient (Wildman–Crippen LogP) is 2.41. The summed E-state index contributed by atoms with van der Waals surface area (Å²) in [6.07, 6.45) is 0. The molecule has 4 nitrogen and oxygen atoms in total. The molecule has 0 unspecified atom stereocenters. The van der Waals surface area contributed by atoms with Crippen LogP contribution < -0.4 is 0 Å². The summed E-state index contributed by atoms with van der Waals surface area (Å²) >= 11 is 3.15. The largest absolute Gasteiger partial charge is 0.371 e. The van der Waals surface area contributed by atoms with E-state index in [2.05, 4.69) is 15.9 Å². The molecule has 0 aliphatic carbocycles. The van der Waals surface area contributed by atoms with Gasteiger partial charge in [0.1, 0.15) is 0 Å². The fraction of sp³-hybridized carbons (Fsp3) is 0.857. The molecule has 0 aromatic carbocycles. The summed E-state index contributed by atoms with van der Waals surface area (Å²) < 4.78 is 18.4. The quantitative estimate of drug-likeness (QED) is 0.549. The number of hydrogen-bond donors (Lipinski definition) is 0. The Morgan fingerprint density at radius 3 is 2.38 bits per heavy atom. The number of nitriles is 1. The van der Waals surface area contributed by atoms with Crippen LogP contribution in [-0.2, 0) is 9.09 Å². The van der Waals surface area contributed by atoms with Crippen molar-refractivity contribution in [3.8, 4) is 5.81 Å². The van der Waals surface area contributed by atoms with Gasteiger partial charge in [0.2, 0.25) is 0 Å². The number of nitrogens with zero attached hydrogens (tertiary/aromatic N) is 2. The van der Waals surface area contributed by atoms with Gasteiger partial charge in [-0.3, -0.25) is 4.57 Å². The minimum Gasteiger partial charge on any atom is -0.306 e. The van der Waals surface area contributed by atoms with Crippen molar-refractivity contribution in [1.29, 1.82) is 5.26 Å². The minimum absolute atomic E-state index is 0.293. The van der Waals surface area contributed by atoms with Gasteiger partial charge < -0.3 is 4.52 Å². The van der Waals surface area contributed by atoms with Crippen molar-refractivity contribution in [3.63, 3.8) is 0 Å². The van der Waals surface area contributed by atoms with Crippen molar-refractivity contribution in [2.24, 2.45) is 0 Å². The maximum atomic E-state index is 11.8. The molecular weight excluding hydrogens is 255 g/mol. The van der Waals surface area contributed by atoms with Gasteiger partial charge in [-0.05, 0) is 0 Å². The van der Waals surface area contributed by atoms with E-state index in [4.69, 9.17) is 9.79 Å². The second kappa shape index (κ2) is 6.56. The van der Waals surface area contributed by atoms with E-state index >= 15 is 0 Å². The highest BCUT2D eigenvalue weighted by Gasteiger charge is 2.29. The predicted molar refractivity (Wildman–Crippen MR) is 55.9 cm³/mol. The van der Waals surface area contributed by atoms with Crippen LogP contribution in [0.1, 0.15) is 13.8 Å². The SMILES string of the molecule is CCN(CC)[P@](=O)(C#N)OCCBr. The van der Waals surface area contributed by atoms with Crippen LogP contribution in [0.15, 0.2) is 0 Å². The molecule has 76 valence electrons. The van der Waals surface area contributed by atoms with Crippen molar-refractivity contribution in [2.75, 3.05) is 25.0 Å². The molecule has 0 fully saturated rings. The first-order chi connectivity index (χ1) is 6.14. The Hall–Kier alpha value is 0.120. The van der Waals surface area contributed by atoms with Crippen LogP contribution in [0.25, 0.3) is 0 Å². The Morgan fingerprint density at radius 1 is 1.54 bits per heavy atom. The lowest BCUT2D eigenvalue weighted by atomic mass is 10.7. The molecule has 6 heteroatoms. The van der Waals surface area contributed by atoms with Crippen molar-refractivity contribution in [3.05, 3.63) is 0 Å². The molecule has 0 bridgehead atoms. The van der Waals surface area contributed by atoms with Gasteiger partial charge in [-0.1, -0.05) is 29.8 Å². The van der Waals surface area contributed by atoms with Crippen LogP contribution >= 0.6 is 23.4 Å². The summed E-state index contributed by atoms with van der Waals surface area (Å²) in [6, 6.07) is 0. The Kier molecular flexibility index (Phi) is 6.62. The van der Waals surface area contributed by atoms with Gasteiger partial charge in [0.05, 0.1) is 6.61 Å². The molecule has 0 heterocycles. The number of alkyl halides is 1. The normalized spacial score (nSPS) is 15.3. The smallest absolute Gasteiger partial charge is 0.306 e. The lowest BCUT2D eigenvalue weighted by molar-refractivity contribution is 0.290. The fourth-order valence-corrected chi connectivity index (χ4v) is 2.77. The van der Waals surface area contributed by atoms with E-state index in [1.165, 1.54) is 0 Å². The molecule has 0 amide bonds. The monoisotopic (exact) mass is 268 g/mol. The number of rotatable bonds is 6. The first-order valence-corrected chi connectivity index (χ1v) is 6.81. The fourth-order valence-electron chi connectivity index (χ4n) is 0.928. The number of hydrogen-bond acceptors (Lipinski definition) is 3. The van der Waals surface area contributed by atoms with Gasteiger partial charge in [-0.15, -0.1) is 0 Å². The lowest BCUT2D eigenvalue weighted by Gasteiger charge is -2.22. The van der Waals surface area contributed by atoms with E-state index in [0.717, 1.165) is 0 Å². The average Bonchev–Trinajstić information content (AvgIpc) is 2.16. The molecule has 0 aliphatic heterocycles. The molecule has 1 atom stereocenters. The molecule has 0 saturated heterocycles. The Labute approximate surface area is 87.5 Å². The van der Waals surface area contributed by atoms with Gasteiger partial charge in [0.25, 0.3) is 0 Å². The Morgan fingerprint density at radius 2 is 2.08 bits per heavy atom. The van der Waals surface area contributed by atoms with Gasteiger partial charge in [-0.25, -0.2) is 4.67 Å². The molecule has 0 rings (SSSR count). The van der Waals surface area contributed by atoms with Crippen LogP contribution in [0.3, 0.4) is 0 Å². The third kappa shape index (κ3) is 3.78. The zero-order valence-electron chi connectivity index (χ0n) is 7.86. The summed E-state index contributed by atoms with van der Waals surface area (Å²) in [5.74, 6) is 1.75. The van der Waals surface area contributed by atoms with E-state index in [9.17, 15) is 4.57 Å². The third-order valence-corrected chi connectivity index (χ3v) is 3.99. The molecule has 0 N–H and O–H groups in total. The summed E-state index contributed by atoms with van der Waals surface area (Å²) in [5.41, 5.74) is 0.